The molecule has 2 N–H and O–H groups in total. The SMILES string of the molecule is Cc1ccc([NH2+]/N=c2\c3ccccc3nc3n2CCCCCC3)cc1.[Cl-]. The molecule has 5 heteroatoms. The Morgan fingerprint density at radius 1 is 0.962 bits per heavy atom. The number of nitrogens with zero attached hydrogens (tertiary/aromatic N) is 3. The number of benzene rings is 2. The second-order valence-electron chi connectivity index (χ2n) is 6.85. The van der Waals surface area contributed by atoms with Gasteiger partial charge < -0.3 is 17.0 Å². The summed E-state index contributed by atoms with van der Waals surface area (Å²) in [6.45, 7) is 3.11. The van der Waals surface area contributed by atoms with Gasteiger partial charge in [0.1, 0.15) is 5.82 Å². The number of nitrogens with two attached hydrogens (primary N) is 1. The van der Waals surface area contributed by atoms with E-state index in [2.05, 4.69) is 60.0 Å². The van der Waals surface area contributed by atoms with Crippen molar-refractivity contribution in [3.8, 4) is 0 Å². The molecule has 0 bridgehead atoms. The monoisotopic (exact) mass is 368 g/mol. The van der Waals surface area contributed by atoms with E-state index in [0.717, 1.165) is 35.0 Å². The van der Waals surface area contributed by atoms with Crippen molar-refractivity contribution in [3.05, 3.63) is 65.4 Å². The van der Waals surface area contributed by atoms with Gasteiger partial charge in [-0.2, -0.15) is 5.43 Å². The average molecular weight is 369 g/mol. The van der Waals surface area contributed by atoms with Gasteiger partial charge in [-0.3, -0.25) is 0 Å². The second-order valence-corrected chi connectivity index (χ2v) is 6.85. The van der Waals surface area contributed by atoms with Crippen molar-refractivity contribution in [3.63, 3.8) is 0 Å². The Morgan fingerprint density at radius 2 is 1.73 bits per heavy atom. The molecule has 4 nitrogen and oxygen atoms in total. The Balaban J connectivity index is 0.00000196. The summed E-state index contributed by atoms with van der Waals surface area (Å²) in [6, 6.07) is 16.9. The third-order valence-electron chi connectivity index (χ3n) is 4.91. The van der Waals surface area contributed by atoms with Gasteiger partial charge in [-0.15, -0.1) is 0 Å². The van der Waals surface area contributed by atoms with Gasteiger partial charge in [-0.1, -0.05) is 47.8 Å². The summed E-state index contributed by atoms with van der Waals surface area (Å²) in [6.07, 6.45) is 6.05. The Labute approximate surface area is 160 Å². The Bertz CT molecular complexity index is 944. The molecule has 0 unspecified atom stereocenters. The van der Waals surface area contributed by atoms with Crippen molar-refractivity contribution >= 4 is 16.6 Å². The number of hydrogen-bond donors (Lipinski definition) is 1. The van der Waals surface area contributed by atoms with E-state index >= 15 is 0 Å². The third kappa shape index (κ3) is 3.97. The number of aryl methyl sites for hydroxylation is 2. The van der Waals surface area contributed by atoms with Crippen LogP contribution in [0.5, 0.6) is 0 Å². The van der Waals surface area contributed by atoms with Gasteiger partial charge in [0.05, 0.1) is 5.52 Å². The molecule has 0 spiro atoms. The summed E-state index contributed by atoms with van der Waals surface area (Å²) >= 11 is 0. The summed E-state index contributed by atoms with van der Waals surface area (Å²) in [7, 11) is 0. The maximum absolute atomic E-state index is 4.93. The topological polar surface area (TPSA) is 46.8 Å². The van der Waals surface area contributed by atoms with Crippen LogP contribution in [0.2, 0.25) is 0 Å². The van der Waals surface area contributed by atoms with Crippen LogP contribution in [0, 0.1) is 6.92 Å². The Kier molecular flexibility index (Phi) is 6.07. The van der Waals surface area contributed by atoms with E-state index in [1.807, 2.05) is 5.43 Å². The van der Waals surface area contributed by atoms with Gasteiger partial charge in [-0.25, -0.2) is 4.98 Å². The lowest BCUT2D eigenvalue weighted by molar-refractivity contribution is -0.582. The highest BCUT2D eigenvalue weighted by molar-refractivity contribution is 5.77. The van der Waals surface area contributed by atoms with Crippen LogP contribution in [0.15, 0.2) is 53.6 Å². The quantitative estimate of drug-likeness (QED) is 0.391. The summed E-state index contributed by atoms with van der Waals surface area (Å²) in [5, 5.41) is 6.05. The smallest absolute Gasteiger partial charge is 0.199 e. The Hall–Kier alpha value is -2.17. The van der Waals surface area contributed by atoms with E-state index in [1.165, 1.54) is 37.1 Å². The number of quaternary nitrogens is 1. The molecule has 0 saturated carbocycles. The number of hydrogen-bond acceptors (Lipinski definition) is 2. The molecular weight excluding hydrogens is 344 g/mol. The van der Waals surface area contributed by atoms with E-state index in [-0.39, 0.29) is 12.4 Å². The van der Waals surface area contributed by atoms with Crippen molar-refractivity contribution in [1.29, 1.82) is 0 Å². The highest BCUT2D eigenvalue weighted by atomic mass is 35.5. The minimum absolute atomic E-state index is 0. The fraction of sp³-hybridized carbons (Fsp3) is 0.333. The van der Waals surface area contributed by atoms with Crippen LogP contribution in [-0.4, -0.2) is 9.55 Å². The molecule has 1 aliphatic rings. The van der Waals surface area contributed by atoms with Crippen molar-refractivity contribution in [2.24, 2.45) is 5.10 Å². The summed E-state index contributed by atoms with van der Waals surface area (Å²) < 4.78 is 2.34. The van der Waals surface area contributed by atoms with Crippen LogP contribution in [0.25, 0.3) is 10.9 Å². The molecule has 1 aromatic heterocycles. The van der Waals surface area contributed by atoms with Crippen LogP contribution >= 0.6 is 0 Å². The van der Waals surface area contributed by atoms with E-state index in [0.29, 0.717) is 0 Å². The van der Waals surface area contributed by atoms with Gasteiger partial charge in [-0.05, 0) is 31.9 Å². The molecule has 0 fully saturated rings. The van der Waals surface area contributed by atoms with Crippen LogP contribution in [-0.2, 0) is 13.0 Å². The standard InChI is InChI=1S/C21H24N4.ClH/c1-16-11-13-17(14-12-16)23-24-21-18-8-5-6-9-19(18)22-20-10-4-2-3-7-15-25(20)21;/h5-6,8-9,11-14,23H,2-4,7,10,15H2,1H3;1H/b24-21+;. The molecule has 136 valence electrons. The van der Waals surface area contributed by atoms with Crippen LogP contribution in [0.4, 0.5) is 5.69 Å². The highest BCUT2D eigenvalue weighted by Crippen LogP contribution is 2.14. The first-order valence-corrected chi connectivity index (χ1v) is 9.23. The van der Waals surface area contributed by atoms with Crippen molar-refractivity contribution in [1.82, 2.24) is 9.55 Å². The summed E-state index contributed by atoms with van der Waals surface area (Å²) in [4.78, 5) is 4.93. The lowest BCUT2D eigenvalue weighted by Crippen LogP contribution is -3.00. The van der Waals surface area contributed by atoms with Gasteiger partial charge in [0.25, 0.3) is 0 Å². The predicted octanol–water partition coefficient (Wildman–Crippen LogP) is 0.176. The number of halogens is 1. The number of aromatic nitrogens is 2. The lowest BCUT2D eigenvalue weighted by Gasteiger charge is -2.17. The number of para-hydroxylation sites is 1. The van der Waals surface area contributed by atoms with Crippen molar-refractivity contribution in [2.45, 2.75) is 45.6 Å². The lowest BCUT2D eigenvalue weighted by atomic mass is 10.1. The van der Waals surface area contributed by atoms with Crippen molar-refractivity contribution in [2.75, 3.05) is 0 Å². The van der Waals surface area contributed by atoms with Crippen molar-refractivity contribution < 1.29 is 17.8 Å². The van der Waals surface area contributed by atoms with Gasteiger partial charge in [0.2, 0.25) is 0 Å². The minimum Gasteiger partial charge on any atom is -1.00 e. The average Bonchev–Trinajstić information content (AvgIpc) is 2.62. The van der Waals surface area contributed by atoms with E-state index < -0.39 is 0 Å². The van der Waals surface area contributed by atoms with Crippen LogP contribution < -0.4 is 23.3 Å². The van der Waals surface area contributed by atoms with Gasteiger partial charge in [0, 0.05) is 30.5 Å². The van der Waals surface area contributed by atoms with Crippen LogP contribution in [0.1, 0.15) is 37.1 Å². The molecule has 26 heavy (non-hydrogen) atoms. The molecule has 3 aromatic rings. The van der Waals surface area contributed by atoms with E-state index in [4.69, 9.17) is 10.1 Å². The van der Waals surface area contributed by atoms with Gasteiger partial charge in [0.15, 0.2) is 11.2 Å². The number of rotatable bonds is 2. The molecule has 1 aliphatic heterocycles. The molecule has 0 aliphatic carbocycles. The first-order valence-electron chi connectivity index (χ1n) is 9.23. The zero-order valence-corrected chi connectivity index (χ0v) is 15.9. The van der Waals surface area contributed by atoms with E-state index in [1.54, 1.807) is 0 Å². The highest BCUT2D eigenvalue weighted by Gasteiger charge is 2.12. The number of fused-ring (bicyclic) bond motifs is 2. The Morgan fingerprint density at radius 3 is 2.58 bits per heavy atom. The summed E-state index contributed by atoms with van der Waals surface area (Å²) in [5.74, 6) is 1.18. The second kappa shape index (κ2) is 8.47. The zero-order valence-electron chi connectivity index (χ0n) is 15.2. The summed E-state index contributed by atoms with van der Waals surface area (Å²) in [5.41, 5.74) is 6.47. The van der Waals surface area contributed by atoms with Crippen LogP contribution in [0.3, 0.4) is 0 Å². The zero-order chi connectivity index (χ0) is 17.1. The molecule has 2 heterocycles. The first-order chi connectivity index (χ1) is 12.3. The normalized spacial score (nSPS) is 15.0. The maximum atomic E-state index is 4.93. The maximum Gasteiger partial charge on any atom is 0.199 e. The predicted molar refractivity (Wildman–Crippen MR) is 100 cm³/mol. The fourth-order valence-corrected chi connectivity index (χ4v) is 3.49. The first kappa shape index (κ1) is 18.6. The molecule has 0 amide bonds. The molecule has 0 radical (unpaired) electrons. The fourth-order valence-electron chi connectivity index (χ4n) is 3.49. The largest absolute Gasteiger partial charge is 1.00 e. The molecule has 0 atom stereocenters. The third-order valence-corrected chi connectivity index (χ3v) is 4.91. The minimum atomic E-state index is 0. The molecular formula is C21H25ClN4. The molecule has 2 aromatic carbocycles. The molecule has 4 rings (SSSR count). The van der Waals surface area contributed by atoms with Gasteiger partial charge >= 0.3 is 0 Å². The van der Waals surface area contributed by atoms with E-state index in [9.17, 15) is 0 Å². The molecule has 0 saturated heterocycles.